The normalized spacial score (nSPS) is 19.6. The minimum absolute atomic E-state index is 0.0826. The Morgan fingerprint density at radius 1 is 1.48 bits per heavy atom. The highest BCUT2D eigenvalue weighted by atomic mass is 19.4. The number of carbonyl (C=O) groups is 1. The molecular weight excluding hydrogens is 311 g/mol. The third kappa shape index (κ3) is 5.38. The fraction of sp³-hybridized carbons (Fsp3) is 0.600. The van der Waals surface area contributed by atoms with E-state index in [4.69, 9.17) is 0 Å². The molecule has 0 aliphatic carbocycles. The molecule has 0 bridgehead atoms. The van der Waals surface area contributed by atoms with Gasteiger partial charge in [0.1, 0.15) is 12.3 Å². The van der Waals surface area contributed by atoms with Crippen molar-refractivity contribution < 1.29 is 23.1 Å². The van der Waals surface area contributed by atoms with E-state index in [0.717, 1.165) is 18.7 Å². The van der Waals surface area contributed by atoms with E-state index in [1.165, 1.54) is 0 Å². The molecule has 1 fully saturated rings. The van der Waals surface area contributed by atoms with Gasteiger partial charge in [0.25, 0.3) is 0 Å². The van der Waals surface area contributed by atoms with Gasteiger partial charge in [-0.3, -0.25) is 14.7 Å². The third-order valence-corrected chi connectivity index (χ3v) is 3.80. The number of alkyl halides is 3. The van der Waals surface area contributed by atoms with Crippen LogP contribution >= 0.6 is 0 Å². The van der Waals surface area contributed by atoms with Gasteiger partial charge in [-0.25, -0.2) is 0 Å². The Kier molecular flexibility index (Phi) is 5.46. The summed E-state index contributed by atoms with van der Waals surface area (Å²) in [5, 5.41) is 11.8. The van der Waals surface area contributed by atoms with Crippen LogP contribution in [0.2, 0.25) is 0 Å². The predicted molar refractivity (Wildman–Crippen MR) is 77.7 cm³/mol. The molecule has 128 valence electrons. The van der Waals surface area contributed by atoms with E-state index >= 15 is 0 Å². The van der Waals surface area contributed by atoms with Gasteiger partial charge in [0.15, 0.2) is 0 Å². The quantitative estimate of drug-likeness (QED) is 0.885. The van der Waals surface area contributed by atoms with Crippen LogP contribution < -0.4 is 5.32 Å². The van der Waals surface area contributed by atoms with Gasteiger partial charge in [-0.15, -0.1) is 0 Å². The van der Waals surface area contributed by atoms with Crippen LogP contribution in [-0.2, 0) is 11.3 Å². The second kappa shape index (κ2) is 7.16. The largest absolute Gasteiger partial charge is 0.506 e. The van der Waals surface area contributed by atoms with Gasteiger partial charge in [-0.1, -0.05) is 0 Å². The molecule has 0 aromatic carbocycles. The van der Waals surface area contributed by atoms with Crippen LogP contribution in [0.3, 0.4) is 0 Å². The van der Waals surface area contributed by atoms with E-state index in [0.29, 0.717) is 25.2 Å². The van der Waals surface area contributed by atoms with Gasteiger partial charge in [0, 0.05) is 18.8 Å². The molecule has 1 aromatic rings. The van der Waals surface area contributed by atoms with E-state index in [2.05, 4.69) is 4.98 Å². The molecule has 2 N–H and O–H groups in total. The number of aromatic hydroxyl groups is 1. The van der Waals surface area contributed by atoms with Crippen LogP contribution in [0.25, 0.3) is 0 Å². The minimum Gasteiger partial charge on any atom is -0.506 e. The second-order valence-corrected chi connectivity index (χ2v) is 5.83. The van der Waals surface area contributed by atoms with Crippen LogP contribution in [0.15, 0.2) is 12.1 Å². The molecule has 0 saturated carbocycles. The molecule has 1 atom stereocenters. The topological polar surface area (TPSA) is 65.5 Å². The Balaban J connectivity index is 1.92. The number of nitrogens with one attached hydrogen (secondary N) is 1. The number of likely N-dealkylation sites (tertiary alicyclic amines) is 1. The maximum Gasteiger partial charge on any atom is 0.405 e. The molecule has 1 aliphatic rings. The highest BCUT2D eigenvalue weighted by Gasteiger charge is 2.31. The van der Waals surface area contributed by atoms with Crippen molar-refractivity contribution in [3.05, 3.63) is 23.5 Å². The summed E-state index contributed by atoms with van der Waals surface area (Å²) in [7, 11) is 0. The maximum atomic E-state index is 12.2. The zero-order valence-corrected chi connectivity index (χ0v) is 12.9. The average molecular weight is 331 g/mol. The Hall–Kier alpha value is -1.83. The SMILES string of the molecule is Cc1ccc(O)c(CN2CCC[C@H](C(=O)NCC(F)(F)F)C2)n1. The second-order valence-electron chi connectivity index (χ2n) is 5.83. The predicted octanol–water partition coefficient (Wildman–Crippen LogP) is 1.99. The van der Waals surface area contributed by atoms with E-state index in [1.807, 2.05) is 17.1 Å². The number of halogens is 3. The molecule has 1 aromatic heterocycles. The maximum absolute atomic E-state index is 12.2. The number of amides is 1. The first-order valence-electron chi connectivity index (χ1n) is 7.47. The fourth-order valence-corrected chi connectivity index (χ4v) is 2.68. The number of aromatic nitrogens is 1. The zero-order chi connectivity index (χ0) is 17.0. The monoisotopic (exact) mass is 331 g/mol. The van der Waals surface area contributed by atoms with Gasteiger partial charge >= 0.3 is 6.18 Å². The summed E-state index contributed by atoms with van der Waals surface area (Å²) in [5.74, 6) is -0.967. The van der Waals surface area contributed by atoms with E-state index in [-0.39, 0.29) is 5.75 Å². The number of carbonyl (C=O) groups excluding carboxylic acids is 1. The standard InChI is InChI=1S/C15H20F3N3O2/c1-10-4-5-13(22)12(20-10)8-21-6-2-3-11(7-21)14(23)19-9-15(16,17)18/h4-5,11,22H,2-3,6-9H2,1H3,(H,19,23)/t11-/m0/s1. The first-order chi connectivity index (χ1) is 10.7. The van der Waals surface area contributed by atoms with Gasteiger partial charge in [-0.2, -0.15) is 13.2 Å². The van der Waals surface area contributed by atoms with Gasteiger partial charge in [0.05, 0.1) is 11.6 Å². The van der Waals surface area contributed by atoms with E-state index < -0.39 is 24.5 Å². The first kappa shape index (κ1) is 17.5. The summed E-state index contributed by atoms with van der Waals surface area (Å²) in [4.78, 5) is 18.1. The number of piperidine rings is 1. The Bertz CT molecular complexity index is 563. The molecule has 5 nitrogen and oxygen atoms in total. The molecule has 0 spiro atoms. The minimum atomic E-state index is -4.40. The van der Waals surface area contributed by atoms with Crippen molar-refractivity contribution in [2.24, 2.45) is 5.92 Å². The third-order valence-electron chi connectivity index (χ3n) is 3.80. The number of hydrogen-bond donors (Lipinski definition) is 2. The van der Waals surface area contributed by atoms with Crippen LogP contribution in [0.1, 0.15) is 24.2 Å². The highest BCUT2D eigenvalue weighted by molar-refractivity contribution is 5.79. The van der Waals surface area contributed by atoms with Gasteiger partial charge < -0.3 is 10.4 Å². The van der Waals surface area contributed by atoms with Gasteiger partial charge in [-0.05, 0) is 38.4 Å². The molecule has 23 heavy (non-hydrogen) atoms. The summed E-state index contributed by atoms with van der Waals surface area (Å²) >= 11 is 0. The molecule has 1 saturated heterocycles. The number of hydrogen-bond acceptors (Lipinski definition) is 4. The highest BCUT2D eigenvalue weighted by Crippen LogP contribution is 2.22. The number of pyridine rings is 1. The molecule has 0 unspecified atom stereocenters. The van der Waals surface area contributed by atoms with E-state index in [9.17, 15) is 23.1 Å². The Morgan fingerprint density at radius 2 is 2.22 bits per heavy atom. The van der Waals surface area contributed by atoms with Crippen molar-refractivity contribution in [1.29, 1.82) is 0 Å². The lowest BCUT2D eigenvalue weighted by Crippen LogP contribution is -2.44. The molecule has 2 rings (SSSR count). The lowest BCUT2D eigenvalue weighted by Gasteiger charge is -2.31. The van der Waals surface area contributed by atoms with Crippen molar-refractivity contribution in [3.63, 3.8) is 0 Å². The summed E-state index contributed by atoms with van der Waals surface area (Å²) in [5.41, 5.74) is 1.29. The van der Waals surface area contributed by atoms with E-state index in [1.54, 1.807) is 12.1 Å². The van der Waals surface area contributed by atoms with Crippen LogP contribution in [0.4, 0.5) is 13.2 Å². The summed E-state index contributed by atoms with van der Waals surface area (Å²) in [6, 6.07) is 3.26. The zero-order valence-electron chi connectivity index (χ0n) is 12.9. The fourth-order valence-electron chi connectivity index (χ4n) is 2.68. The van der Waals surface area contributed by atoms with Crippen molar-refractivity contribution in [2.45, 2.75) is 32.5 Å². The molecule has 2 heterocycles. The molecule has 0 radical (unpaired) electrons. The van der Waals surface area contributed by atoms with Crippen molar-refractivity contribution in [2.75, 3.05) is 19.6 Å². The average Bonchev–Trinajstić information content (AvgIpc) is 2.48. The van der Waals surface area contributed by atoms with Gasteiger partial charge in [0.2, 0.25) is 5.91 Å². The number of rotatable bonds is 4. The Morgan fingerprint density at radius 3 is 2.91 bits per heavy atom. The van der Waals surface area contributed by atoms with Crippen LogP contribution in [0, 0.1) is 12.8 Å². The molecular formula is C15H20F3N3O2. The lowest BCUT2D eigenvalue weighted by atomic mass is 9.97. The lowest BCUT2D eigenvalue weighted by molar-refractivity contribution is -0.141. The summed E-state index contributed by atoms with van der Waals surface area (Å²) in [6.07, 6.45) is -3.12. The molecule has 8 heteroatoms. The molecule has 1 aliphatic heterocycles. The van der Waals surface area contributed by atoms with Crippen LogP contribution in [-0.4, -0.2) is 46.7 Å². The van der Waals surface area contributed by atoms with Crippen LogP contribution in [0.5, 0.6) is 5.75 Å². The smallest absolute Gasteiger partial charge is 0.405 e. The Labute approximate surface area is 132 Å². The number of nitrogens with zero attached hydrogens (tertiary/aromatic N) is 2. The first-order valence-corrected chi connectivity index (χ1v) is 7.47. The number of aryl methyl sites for hydroxylation is 1. The van der Waals surface area contributed by atoms with Crippen molar-refractivity contribution in [3.8, 4) is 5.75 Å². The molecule has 1 amide bonds. The summed E-state index contributed by atoms with van der Waals surface area (Å²) in [6.45, 7) is 1.96. The van der Waals surface area contributed by atoms with Crippen molar-refractivity contribution >= 4 is 5.91 Å². The van der Waals surface area contributed by atoms with Crippen molar-refractivity contribution in [1.82, 2.24) is 15.2 Å². The summed E-state index contributed by atoms with van der Waals surface area (Å²) < 4.78 is 36.5.